The van der Waals surface area contributed by atoms with Gasteiger partial charge in [0.25, 0.3) is 0 Å². The molecule has 0 bridgehead atoms. The lowest BCUT2D eigenvalue weighted by Gasteiger charge is -2.28. The van der Waals surface area contributed by atoms with Crippen LogP contribution in [-0.2, 0) is 0 Å². The molecule has 88 valence electrons. The Kier molecular flexibility index (Phi) is 3.37. The Morgan fingerprint density at radius 2 is 1.81 bits per heavy atom. The number of hydrogen-bond acceptors (Lipinski definition) is 1. The lowest BCUT2D eigenvalue weighted by molar-refractivity contribution is 0.350. The molecule has 1 saturated carbocycles. The van der Waals surface area contributed by atoms with Crippen molar-refractivity contribution in [2.24, 2.45) is 5.41 Å². The van der Waals surface area contributed by atoms with E-state index >= 15 is 0 Å². The summed E-state index contributed by atoms with van der Waals surface area (Å²) < 4.78 is 0. The van der Waals surface area contributed by atoms with Gasteiger partial charge in [-0.2, -0.15) is 0 Å². The fourth-order valence-electron chi connectivity index (χ4n) is 2.43. The summed E-state index contributed by atoms with van der Waals surface area (Å²) in [5.41, 5.74) is 1.38. The molecular weight excluding hydrogens is 241 g/mol. The van der Waals surface area contributed by atoms with Crippen LogP contribution in [0.4, 0.5) is 5.69 Å². The Bertz CT molecular complexity index is 367. The largest absolute Gasteiger partial charge is 0.382 e. The van der Waals surface area contributed by atoms with E-state index in [2.05, 4.69) is 19.2 Å². The molecule has 1 N–H and O–H groups in total. The second kappa shape index (κ2) is 4.46. The highest BCUT2D eigenvalue weighted by Crippen LogP contribution is 2.39. The van der Waals surface area contributed by atoms with Crippen LogP contribution in [0, 0.1) is 5.41 Å². The van der Waals surface area contributed by atoms with Gasteiger partial charge in [0.2, 0.25) is 0 Å². The highest BCUT2D eigenvalue weighted by molar-refractivity contribution is 6.35. The van der Waals surface area contributed by atoms with E-state index in [0.717, 1.165) is 5.69 Å². The number of hydrogen-bond donors (Lipinski definition) is 1. The predicted octanol–water partition coefficient (Wildman–Crippen LogP) is 4.98. The van der Waals surface area contributed by atoms with Crippen LogP contribution in [-0.4, -0.2) is 6.04 Å². The lowest BCUT2D eigenvalue weighted by atomic mass is 9.87. The normalized spacial score (nSPS) is 23.4. The Morgan fingerprint density at radius 1 is 1.19 bits per heavy atom. The van der Waals surface area contributed by atoms with E-state index in [4.69, 9.17) is 23.2 Å². The monoisotopic (exact) mass is 257 g/mol. The predicted molar refractivity (Wildman–Crippen MR) is 71.5 cm³/mol. The highest BCUT2D eigenvalue weighted by Gasteiger charge is 2.34. The minimum Gasteiger partial charge on any atom is -0.382 e. The van der Waals surface area contributed by atoms with Crippen molar-refractivity contribution in [1.82, 2.24) is 0 Å². The van der Waals surface area contributed by atoms with Gasteiger partial charge >= 0.3 is 0 Å². The number of nitrogens with one attached hydrogen (secondary N) is 1. The maximum atomic E-state index is 5.98. The average molecular weight is 258 g/mol. The molecule has 2 rings (SSSR count). The van der Waals surface area contributed by atoms with Gasteiger partial charge in [-0.1, -0.05) is 43.5 Å². The Balaban J connectivity index is 2.14. The summed E-state index contributed by atoms with van der Waals surface area (Å²) in [7, 11) is 0. The maximum Gasteiger partial charge on any atom is 0.0441 e. The fourth-order valence-corrected chi connectivity index (χ4v) is 2.96. The SMILES string of the molecule is CC1(C)CCCC1Nc1cc(Cl)cc(Cl)c1. The molecule has 0 radical (unpaired) electrons. The molecule has 0 spiro atoms. The van der Waals surface area contributed by atoms with E-state index in [0.29, 0.717) is 21.5 Å². The van der Waals surface area contributed by atoms with Crippen molar-refractivity contribution in [2.45, 2.75) is 39.2 Å². The van der Waals surface area contributed by atoms with Gasteiger partial charge in [0.05, 0.1) is 0 Å². The molecule has 1 aliphatic rings. The first kappa shape index (κ1) is 12.1. The average Bonchev–Trinajstić information content (AvgIpc) is 2.44. The van der Waals surface area contributed by atoms with Gasteiger partial charge in [-0.25, -0.2) is 0 Å². The van der Waals surface area contributed by atoms with Crippen LogP contribution in [0.5, 0.6) is 0 Å². The van der Waals surface area contributed by atoms with Crippen LogP contribution in [0.15, 0.2) is 18.2 Å². The molecular formula is C13H17Cl2N. The number of anilines is 1. The minimum atomic E-state index is 0.356. The molecule has 1 aliphatic carbocycles. The van der Waals surface area contributed by atoms with Crippen molar-refractivity contribution in [3.63, 3.8) is 0 Å². The molecule has 1 nitrogen and oxygen atoms in total. The molecule has 0 aliphatic heterocycles. The third-order valence-electron chi connectivity index (χ3n) is 3.46. The second-order valence-corrected chi connectivity index (χ2v) is 6.11. The van der Waals surface area contributed by atoms with Crippen molar-refractivity contribution in [2.75, 3.05) is 5.32 Å². The number of benzene rings is 1. The Labute approximate surface area is 107 Å². The summed E-state index contributed by atoms with van der Waals surface area (Å²) in [5, 5.41) is 4.92. The molecule has 1 unspecified atom stereocenters. The van der Waals surface area contributed by atoms with Crippen molar-refractivity contribution in [1.29, 1.82) is 0 Å². The summed E-state index contributed by atoms with van der Waals surface area (Å²) >= 11 is 12.0. The third-order valence-corrected chi connectivity index (χ3v) is 3.90. The highest BCUT2D eigenvalue weighted by atomic mass is 35.5. The molecule has 3 heteroatoms. The number of rotatable bonds is 2. The first-order valence-corrected chi connectivity index (χ1v) is 6.46. The summed E-state index contributed by atoms with van der Waals surface area (Å²) in [4.78, 5) is 0. The summed E-state index contributed by atoms with van der Waals surface area (Å²) in [6, 6.07) is 6.14. The van der Waals surface area contributed by atoms with E-state index in [1.54, 1.807) is 6.07 Å². The zero-order valence-electron chi connectivity index (χ0n) is 9.69. The summed E-state index contributed by atoms with van der Waals surface area (Å²) in [5.74, 6) is 0. The van der Waals surface area contributed by atoms with Gasteiger partial charge in [0, 0.05) is 21.8 Å². The van der Waals surface area contributed by atoms with Crippen LogP contribution >= 0.6 is 23.2 Å². The van der Waals surface area contributed by atoms with E-state index < -0.39 is 0 Å². The van der Waals surface area contributed by atoms with Gasteiger partial charge in [-0.15, -0.1) is 0 Å². The smallest absolute Gasteiger partial charge is 0.0441 e. The van der Waals surface area contributed by atoms with Crippen molar-refractivity contribution in [3.8, 4) is 0 Å². The van der Waals surface area contributed by atoms with Gasteiger partial charge in [-0.3, -0.25) is 0 Å². The van der Waals surface area contributed by atoms with Crippen molar-refractivity contribution in [3.05, 3.63) is 28.2 Å². The molecule has 0 amide bonds. The quantitative estimate of drug-likeness (QED) is 0.788. The molecule has 1 atom stereocenters. The van der Waals surface area contributed by atoms with Gasteiger partial charge < -0.3 is 5.32 Å². The zero-order chi connectivity index (χ0) is 11.8. The lowest BCUT2D eigenvalue weighted by Crippen LogP contribution is -2.30. The van der Waals surface area contributed by atoms with Gasteiger partial charge in [0.15, 0.2) is 0 Å². The molecule has 1 fully saturated rings. The molecule has 0 heterocycles. The van der Waals surface area contributed by atoms with Crippen molar-refractivity contribution >= 4 is 28.9 Å². The first-order chi connectivity index (χ1) is 7.47. The van der Waals surface area contributed by atoms with Crippen LogP contribution in [0.1, 0.15) is 33.1 Å². The van der Waals surface area contributed by atoms with E-state index in [1.165, 1.54) is 19.3 Å². The summed E-state index contributed by atoms with van der Waals surface area (Å²) in [6.45, 7) is 4.62. The zero-order valence-corrected chi connectivity index (χ0v) is 11.2. The van der Waals surface area contributed by atoms with Crippen LogP contribution in [0.3, 0.4) is 0 Å². The molecule has 16 heavy (non-hydrogen) atoms. The minimum absolute atomic E-state index is 0.356. The molecule has 0 aromatic heterocycles. The van der Waals surface area contributed by atoms with Crippen molar-refractivity contribution < 1.29 is 0 Å². The third kappa shape index (κ3) is 2.64. The van der Waals surface area contributed by atoms with E-state index in [1.807, 2.05) is 12.1 Å². The van der Waals surface area contributed by atoms with Crippen LogP contribution < -0.4 is 5.32 Å². The first-order valence-electron chi connectivity index (χ1n) is 5.70. The molecule has 1 aromatic rings. The molecule has 1 aromatic carbocycles. The Hall–Kier alpha value is -0.400. The maximum absolute atomic E-state index is 5.98. The van der Waals surface area contributed by atoms with Crippen LogP contribution in [0.2, 0.25) is 10.0 Å². The fraction of sp³-hybridized carbons (Fsp3) is 0.538. The van der Waals surface area contributed by atoms with Gasteiger partial charge in [0.1, 0.15) is 0 Å². The van der Waals surface area contributed by atoms with Crippen LogP contribution in [0.25, 0.3) is 0 Å². The standard InChI is InChI=1S/C13H17Cl2N/c1-13(2)5-3-4-12(13)16-11-7-9(14)6-10(15)8-11/h6-8,12,16H,3-5H2,1-2H3. The Morgan fingerprint density at radius 3 is 2.31 bits per heavy atom. The van der Waals surface area contributed by atoms with Gasteiger partial charge in [-0.05, 0) is 36.5 Å². The van der Waals surface area contributed by atoms with E-state index in [-0.39, 0.29) is 0 Å². The van der Waals surface area contributed by atoms with E-state index in [9.17, 15) is 0 Å². The second-order valence-electron chi connectivity index (χ2n) is 5.24. The summed E-state index contributed by atoms with van der Waals surface area (Å²) in [6.07, 6.45) is 3.79. The topological polar surface area (TPSA) is 12.0 Å². The number of halogens is 2. The molecule has 0 saturated heterocycles.